The standard InChI is InChI=1S/C17H18BN6O2/c1-26-12-3-2-11(10-4-6-18-7-5-10)14-15(12)22-13(8-19-14)23-17(25)16-20-9-21-24-16/h2-3,8-10H,4-7H2,1H3,(H,20,21,24)(H,22,23,25). The van der Waals surface area contributed by atoms with E-state index in [0.29, 0.717) is 23.0 Å². The molecule has 1 radical (unpaired) electrons. The number of H-pyrrole nitrogens is 1. The van der Waals surface area contributed by atoms with Gasteiger partial charge in [-0.2, -0.15) is 5.10 Å². The smallest absolute Gasteiger partial charge is 0.294 e. The average molecular weight is 349 g/mol. The van der Waals surface area contributed by atoms with Crippen molar-refractivity contribution < 1.29 is 9.53 Å². The number of fused-ring (bicyclic) bond motifs is 1. The van der Waals surface area contributed by atoms with E-state index in [-0.39, 0.29) is 5.82 Å². The SMILES string of the molecule is COc1ccc(C2CC[B]CC2)c2ncc(NC(=O)c3ncn[nH]3)nc12. The van der Waals surface area contributed by atoms with Gasteiger partial charge in [0.2, 0.25) is 5.82 Å². The van der Waals surface area contributed by atoms with Gasteiger partial charge in [0, 0.05) is 0 Å². The summed E-state index contributed by atoms with van der Waals surface area (Å²) in [4.78, 5) is 25.1. The van der Waals surface area contributed by atoms with E-state index in [1.807, 2.05) is 6.07 Å². The van der Waals surface area contributed by atoms with E-state index in [0.717, 1.165) is 31.0 Å². The van der Waals surface area contributed by atoms with Crippen LogP contribution in [0.4, 0.5) is 5.82 Å². The Labute approximate surface area is 151 Å². The molecular weight excluding hydrogens is 331 g/mol. The maximum atomic E-state index is 12.1. The summed E-state index contributed by atoms with van der Waals surface area (Å²) in [5, 5.41) is 8.87. The highest BCUT2D eigenvalue weighted by Gasteiger charge is 2.21. The van der Waals surface area contributed by atoms with Gasteiger partial charge in [-0.3, -0.25) is 14.9 Å². The fourth-order valence-electron chi connectivity index (χ4n) is 3.38. The number of aromatic amines is 1. The van der Waals surface area contributed by atoms with E-state index in [9.17, 15) is 4.79 Å². The monoisotopic (exact) mass is 349 g/mol. The molecule has 8 nitrogen and oxygen atoms in total. The van der Waals surface area contributed by atoms with Gasteiger partial charge in [0.1, 0.15) is 24.9 Å². The number of amides is 1. The summed E-state index contributed by atoms with van der Waals surface area (Å²) >= 11 is 0. The number of nitrogens with one attached hydrogen (secondary N) is 2. The third-order valence-electron chi connectivity index (χ3n) is 4.66. The molecule has 2 N–H and O–H groups in total. The summed E-state index contributed by atoms with van der Waals surface area (Å²) < 4.78 is 5.45. The van der Waals surface area contributed by atoms with Crippen LogP contribution >= 0.6 is 0 Å². The van der Waals surface area contributed by atoms with Crippen molar-refractivity contribution in [2.45, 2.75) is 31.4 Å². The van der Waals surface area contributed by atoms with Crippen molar-refractivity contribution in [3.63, 3.8) is 0 Å². The van der Waals surface area contributed by atoms with Gasteiger partial charge in [0.25, 0.3) is 5.91 Å². The fourth-order valence-corrected chi connectivity index (χ4v) is 3.38. The predicted molar refractivity (Wildman–Crippen MR) is 97.8 cm³/mol. The van der Waals surface area contributed by atoms with Gasteiger partial charge in [-0.15, -0.1) is 0 Å². The minimum Gasteiger partial charge on any atom is -0.494 e. The van der Waals surface area contributed by atoms with Crippen molar-refractivity contribution in [1.82, 2.24) is 25.1 Å². The van der Waals surface area contributed by atoms with Crippen LogP contribution in [-0.2, 0) is 0 Å². The maximum Gasteiger partial charge on any atom is 0.294 e. The molecule has 1 saturated heterocycles. The summed E-state index contributed by atoms with van der Waals surface area (Å²) in [5.74, 6) is 1.14. The zero-order valence-corrected chi connectivity index (χ0v) is 14.4. The number of anilines is 1. The number of carbonyl (C=O) groups excluding carboxylic acids is 1. The number of hydrogen-bond donors (Lipinski definition) is 2. The summed E-state index contributed by atoms with van der Waals surface area (Å²) in [5.41, 5.74) is 2.67. The zero-order chi connectivity index (χ0) is 17.9. The maximum absolute atomic E-state index is 12.1. The summed E-state index contributed by atoms with van der Waals surface area (Å²) in [7, 11) is 3.94. The zero-order valence-electron chi connectivity index (χ0n) is 14.4. The molecule has 0 bridgehead atoms. The van der Waals surface area contributed by atoms with Crippen LogP contribution in [0.25, 0.3) is 11.0 Å². The van der Waals surface area contributed by atoms with Gasteiger partial charge in [-0.05, 0) is 17.5 Å². The molecule has 1 aliphatic rings. The molecule has 1 fully saturated rings. The number of ether oxygens (including phenoxy) is 1. The van der Waals surface area contributed by atoms with Crippen LogP contribution < -0.4 is 10.1 Å². The highest BCUT2D eigenvalue weighted by atomic mass is 16.5. The largest absolute Gasteiger partial charge is 0.494 e. The lowest BCUT2D eigenvalue weighted by molar-refractivity contribution is 0.101. The van der Waals surface area contributed by atoms with Gasteiger partial charge in [0.15, 0.2) is 5.82 Å². The molecule has 3 heterocycles. The number of rotatable bonds is 4. The number of methoxy groups -OCH3 is 1. The van der Waals surface area contributed by atoms with Crippen molar-refractivity contribution in [3.05, 3.63) is 36.0 Å². The van der Waals surface area contributed by atoms with Gasteiger partial charge in [0.05, 0.1) is 18.8 Å². The Hall–Kier alpha value is -2.97. The van der Waals surface area contributed by atoms with Gasteiger partial charge < -0.3 is 10.1 Å². The number of benzene rings is 1. The highest BCUT2D eigenvalue weighted by molar-refractivity contribution is 6.35. The lowest BCUT2D eigenvalue weighted by atomic mass is 9.60. The van der Waals surface area contributed by atoms with Crippen molar-refractivity contribution in [3.8, 4) is 5.75 Å². The van der Waals surface area contributed by atoms with Crippen LogP contribution in [-0.4, -0.2) is 45.4 Å². The molecule has 0 saturated carbocycles. The lowest BCUT2D eigenvalue weighted by Crippen LogP contribution is -2.15. The predicted octanol–water partition coefficient (Wildman–Crippen LogP) is 2.43. The highest BCUT2D eigenvalue weighted by Crippen LogP contribution is 2.37. The average Bonchev–Trinajstić information content (AvgIpc) is 3.23. The Kier molecular flexibility index (Phi) is 4.51. The van der Waals surface area contributed by atoms with Crippen LogP contribution in [0.1, 0.15) is 34.9 Å². The third kappa shape index (κ3) is 3.12. The van der Waals surface area contributed by atoms with E-state index in [1.54, 1.807) is 13.3 Å². The molecular formula is C17H18BN6O2. The second-order valence-electron chi connectivity index (χ2n) is 6.24. The molecule has 0 spiro atoms. The quantitative estimate of drug-likeness (QED) is 0.701. The minimum absolute atomic E-state index is 0.117. The Morgan fingerprint density at radius 2 is 2.12 bits per heavy atom. The first kappa shape index (κ1) is 16.5. The van der Waals surface area contributed by atoms with Crippen molar-refractivity contribution in [1.29, 1.82) is 0 Å². The molecule has 131 valence electrons. The lowest BCUT2D eigenvalue weighted by Gasteiger charge is -2.23. The Balaban J connectivity index is 1.70. The number of aromatic nitrogens is 5. The molecule has 4 rings (SSSR count). The van der Waals surface area contributed by atoms with E-state index < -0.39 is 5.91 Å². The second-order valence-corrected chi connectivity index (χ2v) is 6.24. The van der Waals surface area contributed by atoms with E-state index >= 15 is 0 Å². The summed E-state index contributed by atoms with van der Waals surface area (Å²) in [6.45, 7) is 0. The van der Waals surface area contributed by atoms with Crippen molar-refractivity contribution in [2.24, 2.45) is 0 Å². The Bertz CT molecular complexity index is 924. The van der Waals surface area contributed by atoms with E-state index in [4.69, 9.17) is 4.74 Å². The van der Waals surface area contributed by atoms with Crippen LogP contribution in [0.5, 0.6) is 5.75 Å². The van der Waals surface area contributed by atoms with Crippen molar-refractivity contribution >= 4 is 30.0 Å². The molecule has 1 aliphatic heterocycles. The molecule has 0 atom stereocenters. The van der Waals surface area contributed by atoms with Gasteiger partial charge in [-0.25, -0.2) is 9.97 Å². The van der Waals surface area contributed by atoms with Crippen molar-refractivity contribution in [2.75, 3.05) is 12.4 Å². The number of nitrogens with zero attached hydrogens (tertiary/aromatic N) is 4. The third-order valence-corrected chi connectivity index (χ3v) is 4.66. The molecule has 0 unspecified atom stereocenters. The Morgan fingerprint density at radius 1 is 1.27 bits per heavy atom. The molecule has 9 heteroatoms. The first-order valence-electron chi connectivity index (χ1n) is 8.58. The molecule has 1 amide bonds. The van der Waals surface area contributed by atoms with E-state index in [1.165, 1.54) is 11.9 Å². The molecule has 3 aromatic rings. The first-order valence-corrected chi connectivity index (χ1v) is 8.58. The van der Waals surface area contributed by atoms with E-state index in [2.05, 4.69) is 43.8 Å². The summed E-state index contributed by atoms with van der Waals surface area (Å²) in [6, 6.07) is 4.01. The topological polar surface area (TPSA) is 106 Å². The van der Waals surface area contributed by atoms with Crippen LogP contribution in [0, 0.1) is 0 Å². The van der Waals surface area contributed by atoms with Crippen LogP contribution in [0.2, 0.25) is 12.6 Å². The number of carbonyl (C=O) groups is 1. The molecule has 1 aromatic carbocycles. The molecule has 0 aliphatic carbocycles. The first-order chi connectivity index (χ1) is 12.8. The van der Waals surface area contributed by atoms with Gasteiger partial charge in [-0.1, -0.05) is 31.5 Å². The van der Waals surface area contributed by atoms with Crippen LogP contribution in [0.3, 0.4) is 0 Å². The minimum atomic E-state index is -0.422. The number of hydrogen-bond acceptors (Lipinski definition) is 6. The van der Waals surface area contributed by atoms with Gasteiger partial charge >= 0.3 is 0 Å². The molecule has 2 aromatic heterocycles. The normalized spacial score (nSPS) is 14.8. The fraction of sp³-hybridized carbons (Fsp3) is 0.353. The second kappa shape index (κ2) is 7.11. The Morgan fingerprint density at radius 3 is 2.85 bits per heavy atom. The molecule has 26 heavy (non-hydrogen) atoms. The summed E-state index contributed by atoms with van der Waals surface area (Å²) in [6.07, 6.45) is 7.32. The van der Waals surface area contributed by atoms with Crippen LogP contribution in [0.15, 0.2) is 24.7 Å².